The SMILES string of the molecule is Cc1nc(N)c2nc(CNc3cccc(CC(=O)O)c3)cnc2n1. The fourth-order valence-corrected chi connectivity index (χ4v) is 2.32. The summed E-state index contributed by atoms with van der Waals surface area (Å²) in [6.07, 6.45) is 1.61. The Morgan fingerprint density at radius 1 is 1.29 bits per heavy atom. The number of hydrogen-bond donors (Lipinski definition) is 3. The van der Waals surface area contributed by atoms with Crippen LogP contribution >= 0.6 is 0 Å². The number of nitrogens with two attached hydrogens (primary N) is 1. The van der Waals surface area contributed by atoms with E-state index < -0.39 is 5.97 Å². The Labute approximate surface area is 137 Å². The van der Waals surface area contributed by atoms with Crippen LogP contribution in [0.2, 0.25) is 0 Å². The lowest BCUT2D eigenvalue weighted by Crippen LogP contribution is -2.06. The summed E-state index contributed by atoms with van der Waals surface area (Å²) in [5.74, 6) is -0.0101. The highest BCUT2D eigenvalue weighted by Crippen LogP contribution is 2.15. The number of hydrogen-bond acceptors (Lipinski definition) is 7. The molecule has 3 rings (SSSR count). The zero-order chi connectivity index (χ0) is 17.1. The Hall–Kier alpha value is -3.29. The third-order valence-electron chi connectivity index (χ3n) is 3.35. The van der Waals surface area contributed by atoms with Crippen LogP contribution in [0.1, 0.15) is 17.1 Å². The number of anilines is 2. The molecule has 1 aromatic carbocycles. The largest absolute Gasteiger partial charge is 0.481 e. The van der Waals surface area contributed by atoms with Crippen LogP contribution in [-0.4, -0.2) is 31.0 Å². The highest BCUT2D eigenvalue weighted by molar-refractivity contribution is 5.80. The van der Waals surface area contributed by atoms with Crippen molar-refractivity contribution in [3.63, 3.8) is 0 Å². The van der Waals surface area contributed by atoms with Crippen molar-refractivity contribution in [1.82, 2.24) is 19.9 Å². The minimum Gasteiger partial charge on any atom is -0.481 e. The molecule has 2 aromatic heterocycles. The zero-order valence-corrected chi connectivity index (χ0v) is 13.0. The lowest BCUT2D eigenvalue weighted by atomic mass is 10.1. The monoisotopic (exact) mass is 324 g/mol. The van der Waals surface area contributed by atoms with Crippen LogP contribution in [-0.2, 0) is 17.8 Å². The number of nitrogen functional groups attached to an aromatic ring is 1. The van der Waals surface area contributed by atoms with Gasteiger partial charge in [0.2, 0.25) is 0 Å². The van der Waals surface area contributed by atoms with E-state index in [9.17, 15) is 4.79 Å². The summed E-state index contributed by atoms with van der Waals surface area (Å²) < 4.78 is 0. The molecule has 2 heterocycles. The maximum absolute atomic E-state index is 10.8. The molecule has 0 fully saturated rings. The van der Waals surface area contributed by atoms with Gasteiger partial charge < -0.3 is 16.2 Å². The van der Waals surface area contributed by atoms with Gasteiger partial charge in [0.05, 0.1) is 24.9 Å². The molecule has 0 bridgehead atoms. The molecule has 3 aromatic rings. The first-order valence-corrected chi connectivity index (χ1v) is 7.31. The summed E-state index contributed by atoms with van der Waals surface area (Å²) in [7, 11) is 0. The van der Waals surface area contributed by atoms with Gasteiger partial charge in [0.25, 0.3) is 0 Å². The summed E-state index contributed by atoms with van der Waals surface area (Å²) in [5.41, 5.74) is 9.03. The number of aromatic nitrogens is 4. The van der Waals surface area contributed by atoms with Gasteiger partial charge in [-0.05, 0) is 24.6 Å². The fourth-order valence-electron chi connectivity index (χ4n) is 2.32. The molecule has 8 heteroatoms. The minimum atomic E-state index is -0.863. The number of nitrogens with zero attached hydrogens (tertiary/aromatic N) is 4. The molecule has 24 heavy (non-hydrogen) atoms. The quantitative estimate of drug-likeness (QED) is 0.645. The average molecular weight is 324 g/mol. The van der Waals surface area contributed by atoms with Crippen LogP contribution < -0.4 is 11.1 Å². The summed E-state index contributed by atoms with van der Waals surface area (Å²) in [5, 5.41) is 12.0. The highest BCUT2D eigenvalue weighted by Gasteiger charge is 2.07. The van der Waals surface area contributed by atoms with Gasteiger partial charge in [-0.1, -0.05) is 12.1 Å². The fraction of sp³-hybridized carbons (Fsp3) is 0.188. The van der Waals surface area contributed by atoms with Gasteiger partial charge in [0.1, 0.15) is 5.82 Å². The molecule has 0 unspecified atom stereocenters. The second-order valence-electron chi connectivity index (χ2n) is 5.31. The van der Waals surface area contributed by atoms with Gasteiger partial charge >= 0.3 is 5.97 Å². The van der Waals surface area contributed by atoms with E-state index in [2.05, 4.69) is 25.3 Å². The molecule has 0 saturated heterocycles. The Balaban J connectivity index is 1.77. The Morgan fingerprint density at radius 3 is 2.92 bits per heavy atom. The van der Waals surface area contributed by atoms with Gasteiger partial charge in [-0.25, -0.2) is 19.9 Å². The van der Waals surface area contributed by atoms with Gasteiger partial charge in [0.15, 0.2) is 17.0 Å². The maximum atomic E-state index is 10.8. The predicted molar refractivity (Wildman–Crippen MR) is 89.4 cm³/mol. The van der Waals surface area contributed by atoms with Crippen LogP contribution in [0.3, 0.4) is 0 Å². The molecule has 4 N–H and O–H groups in total. The van der Waals surface area contributed by atoms with Crippen LogP contribution in [0.15, 0.2) is 30.5 Å². The third-order valence-corrected chi connectivity index (χ3v) is 3.35. The van der Waals surface area contributed by atoms with E-state index in [0.717, 1.165) is 11.3 Å². The number of aliphatic carboxylic acids is 1. The molecular formula is C16H16N6O2. The van der Waals surface area contributed by atoms with Crippen molar-refractivity contribution in [2.24, 2.45) is 0 Å². The van der Waals surface area contributed by atoms with E-state index in [4.69, 9.17) is 10.8 Å². The molecule has 0 aliphatic rings. The molecule has 0 amide bonds. The molecule has 0 saturated carbocycles. The van der Waals surface area contributed by atoms with Crippen molar-refractivity contribution in [2.75, 3.05) is 11.1 Å². The number of carbonyl (C=O) groups is 1. The summed E-state index contributed by atoms with van der Waals surface area (Å²) in [6, 6.07) is 7.24. The third kappa shape index (κ3) is 3.54. The van der Waals surface area contributed by atoms with Crippen LogP contribution in [0.25, 0.3) is 11.2 Å². The number of benzene rings is 1. The number of carboxylic acid groups (broad SMARTS) is 1. The second kappa shape index (κ2) is 6.45. The van der Waals surface area contributed by atoms with Crippen LogP contribution in [0.4, 0.5) is 11.5 Å². The number of carboxylic acids is 1. The van der Waals surface area contributed by atoms with Crippen molar-refractivity contribution in [1.29, 1.82) is 0 Å². The average Bonchev–Trinajstić information content (AvgIpc) is 2.53. The van der Waals surface area contributed by atoms with E-state index >= 15 is 0 Å². The van der Waals surface area contributed by atoms with Gasteiger partial charge in [-0.15, -0.1) is 0 Å². The zero-order valence-electron chi connectivity index (χ0n) is 13.0. The van der Waals surface area contributed by atoms with Gasteiger partial charge in [-0.2, -0.15) is 0 Å². The lowest BCUT2D eigenvalue weighted by Gasteiger charge is -2.08. The first kappa shape index (κ1) is 15.6. The molecule has 0 radical (unpaired) electrons. The Kier molecular flexibility index (Phi) is 4.19. The first-order valence-electron chi connectivity index (χ1n) is 7.31. The molecule has 0 aliphatic carbocycles. The van der Waals surface area contributed by atoms with Crippen LogP contribution in [0.5, 0.6) is 0 Å². The van der Waals surface area contributed by atoms with E-state index in [1.807, 2.05) is 6.07 Å². The van der Waals surface area contributed by atoms with Crippen molar-refractivity contribution in [3.05, 3.63) is 47.5 Å². The van der Waals surface area contributed by atoms with E-state index in [1.54, 1.807) is 31.3 Å². The number of fused-ring (bicyclic) bond motifs is 1. The van der Waals surface area contributed by atoms with Crippen molar-refractivity contribution >= 4 is 28.6 Å². The van der Waals surface area contributed by atoms with Gasteiger partial charge in [0, 0.05) is 5.69 Å². The summed E-state index contributed by atoms with van der Waals surface area (Å²) in [6.45, 7) is 2.17. The smallest absolute Gasteiger partial charge is 0.307 e. The van der Waals surface area contributed by atoms with E-state index in [-0.39, 0.29) is 6.42 Å². The predicted octanol–water partition coefficient (Wildman–Crippen LogP) is 1.55. The molecular weight excluding hydrogens is 308 g/mol. The molecule has 122 valence electrons. The lowest BCUT2D eigenvalue weighted by molar-refractivity contribution is -0.136. The molecule has 0 aliphatic heterocycles. The van der Waals surface area contributed by atoms with Crippen molar-refractivity contribution in [2.45, 2.75) is 19.9 Å². The summed E-state index contributed by atoms with van der Waals surface area (Å²) >= 11 is 0. The highest BCUT2D eigenvalue weighted by atomic mass is 16.4. The van der Waals surface area contributed by atoms with Gasteiger partial charge in [-0.3, -0.25) is 4.79 Å². The Morgan fingerprint density at radius 2 is 2.12 bits per heavy atom. The molecule has 8 nitrogen and oxygen atoms in total. The topological polar surface area (TPSA) is 127 Å². The maximum Gasteiger partial charge on any atom is 0.307 e. The van der Waals surface area contributed by atoms with Crippen LogP contribution in [0, 0.1) is 6.92 Å². The minimum absolute atomic E-state index is 0.0154. The van der Waals surface area contributed by atoms with E-state index in [0.29, 0.717) is 35.0 Å². The molecule has 0 atom stereocenters. The second-order valence-corrected chi connectivity index (χ2v) is 5.31. The standard InChI is InChI=1S/C16H16N6O2/c1-9-20-15(17)14-16(21-9)19-8-12(22-14)7-18-11-4-2-3-10(5-11)6-13(23)24/h2-5,8,18H,6-7H2,1H3,(H,23,24)(H2,17,19,20,21). The first-order chi connectivity index (χ1) is 11.5. The molecule has 0 spiro atoms. The van der Waals surface area contributed by atoms with Crippen molar-refractivity contribution < 1.29 is 9.90 Å². The Bertz CT molecular complexity index is 912. The normalized spacial score (nSPS) is 10.7. The van der Waals surface area contributed by atoms with Crippen molar-refractivity contribution in [3.8, 4) is 0 Å². The summed E-state index contributed by atoms with van der Waals surface area (Å²) in [4.78, 5) is 27.8. The number of aryl methyl sites for hydroxylation is 1. The number of nitrogens with one attached hydrogen (secondary N) is 1. The number of rotatable bonds is 5. The van der Waals surface area contributed by atoms with E-state index in [1.165, 1.54) is 0 Å².